The van der Waals surface area contributed by atoms with Gasteiger partial charge in [-0.05, 0) is 42.7 Å². The Labute approximate surface area is 215 Å². The third-order valence-corrected chi connectivity index (χ3v) is 7.37. The van der Waals surface area contributed by atoms with Gasteiger partial charge in [0.2, 0.25) is 0 Å². The third kappa shape index (κ3) is 4.40. The molecule has 0 saturated carbocycles. The molecule has 2 N–H and O–H groups in total. The zero-order valence-corrected chi connectivity index (χ0v) is 21.0. The molecule has 6 nitrogen and oxygen atoms in total. The first-order valence-corrected chi connectivity index (χ1v) is 12.5. The number of aryl methyl sites for hydroxylation is 2. The highest BCUT2D eigenvalue weighted by molar-refractivity contribution is 5.92. The first-order chi connectivity index (χ1) is 17.9. The van der Waals surface area contributed by atoms with Crippen molar-refractivity contribution in [3.8, 4) is 0 Å². The molecule has 0 amide bonds. The lowest BCUT2D eigenvalue weighted by atomic mass is 9.82. The zero-order valence-electron chi connectivity index (χ0n) is 21.0. The molecule has 0 unspecified atom stereocenters. The van der Waals surface area contributed by atoms with Crippen LogP contribution in [0.2, 0.25) is 0 Å². The molecule has 5 rings (SSSR count). The standard InChI is InChI=1S/C31H30N2O4/c1-20-29(23-12-6-8-14-25(23)32(20)18-16-27(34)35)31(22-10-4-3-5-11-22)30-21(2)33(19-17-28(36)37)26-15-9-7-13-24(26)30/h3-15,31H,16-19H2,1-2H3,(H,34,35)(H,36,37). The lowest BCUT2D eigenvalue weighted by molar-refractivity contribution is -0.138. The van der Waals surface area contributed by atoms with Crippen molar-refractivity contribution in [2.75, 3.05) is 0 Å². The fourth-order valence-electron chi connectivity index (χ4n) is 5.76. The van der Waals surface area contributed by atoms with Crippen LogP contribution in [0, 0.1) is 13.8 Å². The molecular formula is C31H30N2O4. The maximum absolute atomic E-state index is 11.4. The van der Waals surface area contributed by atoms with Crippen molar-refractivity contribution in [1.82, 2.24) is 9.13 Å². The summed E-state index contributed by atoms with van der Waals surface area (Å²) in [4.78, 5) is 22.9. The van der Waals surface area contributed by atoms with Crippen molar-refractivity contribution in [2.24, 2.45) is 0 Å². The lowest BCUT2D eigenvalue weighted by Gasteiger charge is -2.21. The van der Waals surface area contributed by atoms with Gasteiger partial charge in [0.05, 0.1) is 12.8 Å². The average Bonchev–Trinajstić information content (AvgIpc) is 3.33. The number of hydrogen-bond acceptors (Lipinski definition) is 2. The summed E-state index contributed by atoms with van der Waals surface area (Å²) in [5.41, 5.74) is 7.55. The Kier molecular flexibility index (Phi) is 6.57. The highest BCUT2D eigenvalue weighted by Crippen LogP contribution is 2.44. The van der Waals surface area contributed by atoms with Gasteiger partial charge in [-0.1, -0.05) is 66.7 Å². The fourth-order valence-corrected chi connectivity index (χ4v) is 5.76. The molecule has 0 aliphatic heterocycles. The predicted octanol–water partition coefficient (Wildman–Crippen LogP) is 6.34. The molecule has 6 heteroatoms. The largest absolute Gasteiger partial charge is 0.481 e. The first-order valence-electron chi connectivity index (χ1n) is 12.5. The monoisotopic (exact) mass is 494 g/mol. The van der Waals surface area contributed by atoms with Crippen LogP contribution in [0.15, 0.2) is 78.9 Å². The van der Waals surface area contributed by atoms with Gasteiger partial charge in [-0.25, -0.2) is 0 Å². The van der Waals surface area contributed by atoms with Crippen LogP contribution >= 0.6 is 0 Å². The summed E-state index contributed by atoms with van der Waals surface area (Å²) in [7, 11) is 0. The minimum atomic E-state index is -0.823. The van der Waals surface area contributed by atoms with E-state index in [1.807, 2.05) is 42.5 Å². The van der Waals surface area contributed by atoms with E-state index < -0.39 is 11.9 Å². The minimum Gasteiger partial charge on any atom is -0.481 e. The number of carbonyl (C=O) groups is 2. The van der Waals surface area contributed by atoms with Gasteiger partial charge in [-0.2, -0.15) is 0 Å². The lowest BCUT2D eigenvalue weighted by Crippen LogP contribution is -2.10. The van der Waals surface area contributed by atoms with Crippen molar-refractivity contribution in [2.45, 2.75) is 45.7 Å². The van der Waals surface area contributed by atoms with E-state index >= 15 is 0 Å². The van der Waals surface area contributed by atoms with Crippen molar-refractivity contribution in [3.63, 3.8) is 0 Å². The molecule has 2 heterocycles. The Morgan fingerprint density at radius 3 is 1.49 bits per heavy atom. The maximum atomic E-state index is 11.4. The average molecular weight is 495 g/mol. The van der Waals surface area contributed by atoms with Crippen LogP contribution in [0.5, 0.6) is 0 Å². The molecule has 0 atom stereocenters. The molecule has 5 aromatic rings. The van der Waals surface area contributed by atoms with Gasteiger partial charge in [0.15, 0.2) is 0 Å². The van der Waals surface area contributed by atoms with E-state index in [9.17, 15) is 19.8 Å². The number of carboxylic acid groups (broad SMARTS) is 2. The second-order valence-electron chi connectivity index (χ2n) is 9.47. The quantitative estimate of drug-likeness (QED) is 0.250. The van der Waals surface area contributed by atoms with E-state index in [0.717, 1.165) is 49.9 Å². The highest BCUT2D eigenvalue weighted by atomic mass is 16.4. The number of rotatable bonds is 9. The Balaban J connectivity index is 1.82. The summed E-state index contributed by atoms with van der Waals surface area (Å²) in [6, 6.07) is 26.7. The molecule has 0 fully saturated rings. The van der Waals surface area contributed by atoms with E-state index in [2.05, 4.69) is 59.4 Å². The molecule has 2 aromatic heterocycles. The minimum absolute atomic E-state index is 0.0441. The zero-order chi connectivity index (χ0) is 26.1. The van der Waals surface area contributed by atoms with Crippen LogP contribution < -0.4 is 0 Å². The van der Waals surface area contributed by atoms with Gasteiger partial charge in [0.25, 0.3) is 0 Å². The fraction of sp³-hybridized carbons (Fsp3) is 0.226. The molecular weight excluding hydrogens is 464 g/mol. The number of hydrogen-bond donors (Lipinski definition) is 2. The molecule has 0 radical (unpaired) electrons. The Hall–Kier alpha value is -4.32. The molecule has 3 aromatic carbocycles. The summed E-state index contributed by atoms with van der Waals surface area (Å²) in [5.74, 6) is -1.76. The van der Waals surface area contributed by atoms with Gasteiger partial charge in [-0.15, -0.1) is 0 Å². The topological polar surface area (TPSA) is 84.5 Å². The number of fused-ring (bicyclic) bond motifs is 2. The van der Waals surface area contributed by atoms with Gasteiger partial charge in [0, 0.05) is 52.2 Å². The molecule has 0 aliphatic rings. The molecule has 0 saturated heterocycles. The summed E-state index contributed by atoms with van der Waals surface area (Å²) in [6.45, 7) is 4.93. The van der Waals surface area contributed by atoms with Crippen molar-refractivity contribution in [3.05, 3.63) is 107 Å². The number of carboxylic acids is 2. The molecule has 0 aliphatic carbocycles. The number of aromatic nitrogens is 2. The highest BCUT2D eigenvalue weighted by Gasteiger charge is 2.29. The second-order valence-corrected chi connectivity index (χ2v) is 9.47. The van der Waals surface area contributed by atoms with E-state index in [1.54, 1.807) is 0 Å². The number of nitrogens with zero attached hydrogens (tertiary/aromatic N) is 2. The van der Waals surface area contributed by atoms with E-state index in [4.69, 9.17) is 0 Å². The molecule has 0 bridgehead atoms. The molecule has 0 spiro atoms. The van der Waals surface area contributed by atoms with Crippen LogP contribution in [0.3, 0.4) is 0 Å². The summed E-state index contributed by atoms with van der Waals surface area (Å²) in [6.07, 6.45) is 0.0883. The predicted molar refractivity (Wildman–Crippen MR) is 145 cm³/mol. The van der Waals surface area contributed by atoms with Gasteiger partial charge in [-0.3, -0.25) is 9.59 Å². The normalized spacial score (nSPS) is 11.5. The summed E-state index contributed by atoms with van der Waals surface area (Å²) in [5, 5.41) is 21.0. The van der Waals surface area contributed by atoms with E-state index in [-0.39, 0.29) is 18.8 Å². The van der Waals surface area contributed by atoms with Gasteiger partial charge in [0.1, 0.15) is 0 Å². The smallest absolute Gasteiger partial charge is 0.305 e. The van der Waals surface area contributed by atoms with Crippen LogP contribution in [0.25, 0.3) is 21.8 Å². The Morgan fingerprint density at radius 1 is 0.649 bits per heavy atom. The van der Waals surface area contributed by atoms with Crippen LogP contribution in [-0.4, -0.2) is 31.3 Å². The van der Waals surface area contributed by atoms with Crippen molar-refractivity contribution >= 4 is 33.7 Å². The summed E-state index contributed by atoms with van der Waals surface area (Å²) >= 11 is 0. The Morgan fingerprint density at radius 2 is 1.05 bits per heavy atom. The van der Waals surface area contributed by atoms with Crippen molar-refractivity contribution < 1.29 is 19.8 Å². The van der Waals surface area contributed by atoms with Crippen LogP contribution in [0.1, 0.15) is 46.8 Å². The Bertz CT molecular complexity index is 1510. The van der Waals surface area contributed by atoms with E-state index in [1.165, 1.54) is 0 Å². The van der Waals surface area contributed by atoms with Crippen molar-refractivity contribution in [1.29, 1.82) is 0 Å². The third-order valence-electron chi connectivity index (χ3n) is 7.37. The number of benzene rings is 3. The van der Waals surface area contributed by atoms with Gasteiger partial charge < -0.3 is 19.3 Å². The van der Waals surface area contributed by atoms with Crippen LogP contribution in [0.4, 0.5) is 0 Å². The second kappa shape index (κ2) is 9.97. The SMILES string of the molecule is Cc1c(C(c2ccccc2)c2c(C)n(CCC(=O)O)c3ccccc23)c2ccccc2n1CCC(=O)O. The van der Waals surface area contributed by atoms with Gasteiger partial charge >= 0.3 is 11.9 Å². The first kappa shape index (κ1) is 24.4. The number of aliphatic carboxylic acids is 2. The van der Waals surface area contributed by atoms with Crippen LogP contribution in [-0.2, 0) is 22.7 Å². The number of para-hydroxylation sites is 2. The van der Waals surface area contributed by atoms with E-state index in [0.29, 0.717) is 13.1 Å². The molecule has 188 valence electrons. The maximum Gasteiger partial charge on any atom is 0.305 e. The summed E-state index contributed by atoms with van der Waals surface area (Å²) < 4.78 is 4.24. The molecule has 37 heavy (non-hydrogen) atoms.